The average molecular weight is 1820 g/mol. The lowest BCUT2D eigenvalue weighted by Crippen LogP contribution is -1.88. The Hall–Kier alpha value is -10.0. The normalized spacial score (nSPS) is 9.83. The number of para-hydroxylation sites is 1. The summed E-state index contributed by atoms with van der Waals surface area (Å²) in [5.74, 6) is 0.435. The number of nitriles is 1. The second-order valence-corrected chi connectivity index (χ2v) is 32.8. The van der Waals surface area contributed by atoms with Gasteiger partial charge in [-0.1, -0.05) is 318 Å². The first-order chi connectivity index (χ1) is 54.9. The van der Waals surface area contributed by atoms with Crippen molar-refractivity contribution >= 4 is 131 Å². The molecule has 0 saturated carbocycles. The standard InChI is InChI=1S/C14H13FO.C13H11Br.C13H12.C9H9N.2C9H8S.C8H7N.C7H7Br.C7H7Cl.C7H7I.C6H6ClN/c1-10-4-3-5-11(8-10)13-9-12(16-2)6-7-14(13)15;1-10-2-4-11(5-3-10)12-6-8-13(14)9-7-12;1-11-7-9-13(10-8-11)12-5-3-2-4-6-12;2*1-7-6-10-9-5-3-2-4-8(7)9;1-7-6-8-4-2-3-5-9(8)10-7;1-7-2-4-8(6-9)5-3-7;2*1-6-2-4-7(8)5-3-6;1-6-3-2-4-7(8)5-6;1-5-2-3-6(7)8-4-5/h3-9H,1-2H3;2-9H,1H3;2-10H,1H3;2-6,10H,1H3;2*2-6H,1H3;2-5H,1H3;3*2-5H,1H3;2-4H,1H3. The fraction of sp³-hybridized carbons (Fsp3) is 0.118. The smallest absolute Gasteiger partial charge is 0.131 e. The highest BCUT2D eigenvalue weighted by molar-refractivity contribution is 14.1. The van der Waals surface area contributed by atoms with Crippen molar-refractivity contribution in [3.8, 4) is 45.2 Å². The maximum absolute atomic E-state index is 13.7. The lowest BCUT2D eigenvalue weighted by atomic mass is 10.0. The molecule has 0 unspecified atom stereocenters. The number of ether oxygens (including phenoxy) is 1. The molecule has 0 aliphatic rings. The van der Waals surface area contributed by atoms with E-state index >= 15 is 0 Å². The third-order valence-electron chi connectivity index (χ3n) is 17.0. The van der Waals surface area contributed by atoms with Crippen LogP contribution in [0.4, 0.5) is 4.39 Å². The van der Waals surface area contributed by atoms with Crippen LogP contribution in [0.25, 0.3) is 64.5 Å². The molecule has 0 aliphatic carbocycles. The molecule has 4 heterocycles. The summed E-state index contributed by atoms with van der Waals surface area (Å²) in [5, 5.41) is 16.0. The van der Waals surface area contributed by atoms with E-state index in [1.54, 1.807) is 31.5 Å². The molecule has 114 heavy (non-hydrogen) atoms. The van der Waals surface area contributed by atoms with Gasteiger partial charge >= 0.3 is 0 Å². The number of pyridine rings is 1. The van der Waals surface area contributed by atoms with E-state index in [0.29, 0.717) is 16.5 Å². The summed E-state index contributed by atoms with van der Waals surface area (Å²) in [6.45, 7) is 22.8. The summed E-state index contributed by atoms with van der Waals surface area (Å²) in [4.78, 5) is 8.42. The number of fused-ring (bicyclic) bond motifs is 3. The van der Waals surface area contributed by atoms with Gasteiger partial charge in [-0.3, -0.25) is 0 Å². The van der Waals surface area contributed by atoms with Crippen LogP contribution < -0.4 is 4.74 Å². The minimum atomic E-state index is -0.230. The van der Waals surface area contributed by atoms with Crippen LogP contribution >= 0.6 is 100 Å². The van der Waals surface area contributed by atoms with Gasteiger partial charge in [-0.2, -0.15) is 5.26 Å². The third-order valence-corrected chi connectivity index (χ3v) is 21.3. The number of benzene rings is 13. The maximum atomic E-state index is 13.7. The summed E-state index contributed by atoms with van der Waals surface area (Å²) >= 11 is 23.9. The highest BCUT2D eigenvalue weighted by atomic mass is 127. The lowest BCUT2D eigenvalue weighted by Gasteiger charge is -2.07. The summed E-state index contributed by atoms with van der Waals surface area (Å²) in [5.41, 5.74) is 21.1. The number of methoxy groups -OCH3 is 1. The van der Waals surface area contributed by atoms with Crippen LogP contribution in [-0.2, 0) is 0 Å². The van der Waals surface area contributed by atoms with Crippen LogP contribution in [0.2, 0.25) is 10.2 Å². The Morgan fingerprint density at radius 1 is 0.421 bits per heavy atom. The topological polar surface area (TPSA) is 61.7 Å². The van der Waals surface area contributed by atoms with Crippen molar-refractivity contribution in [2.75, 3.05) is 7.11 Å². The van der Waals surface area contributed by atoms with E-state index in [-0.39, 0.29) is 5.82 Å². The van der Waals surface area contributed by atoms with Gasteiger partial charge in [0, 0.05) is 60.7 Å². The fourth-order valence-corrected chi connectivity index (χ4v) is 14.0. The first kappa shape index (κ1) is 91.1. The Balaban J connectivity index is 0.000000175. The molecule has 12 heteroatoms. The van der Waals surface area contributed by atoms with E-state index in [9.17, 15) is 4.39 Å². The first-order valence-corrected chi connectivity index (χ1v) is 42.0. The summed E-state index contributed by atoms with van der Waals surface area (Å²) in [6, 6.07) is 114. The van der Waals surface area contributed by atoms with Crippen LogP contribution in [0.1, 0.15) is 66.1 Å². The molecular weight excluding hydrogens is 1720 g/mol. The molecule has 17 rings (SSSR count). The van der Waals surface area contributed by atoms with E-state index < -0.39 is 0 Å². The Kier molecular flexibility index (Phi) is 39.6. The average Bonchev–Trinajstić information content (AvgIpc) is 1.04. The number of halogens is 6. The molecule has 0 bridgehead atoms. The molecule has 0 radical (unpaired) electrons. The molecule has 578 valence electrons. The van der Waals surface area contributed by atoms with Gasteiger partial charge in [0.25, 0.3) is 0 Å². The second kappa shape index (κ2) is 49.6. The zero-order valence-corrected chi connectivity index (χ0v) is 74.8. The molecule has 0 amide bonds. The van der Waals surface area contributed by atoms with Crippen molar-refractivity contribution in [1.29, 1.82) is 5.26 Å². The molecule has 0 aliphatic heterocycles. The van der Waals surface area contributed by atoms with Crippen LogP contribution in [0, 0.1) is 96.9 Å². The van der Waals surface area contributed by atoms with Gasteiger partial charge in [-0.25, -0.2) is 9.37 Å². The Morgan fingerprint density at radius 3 is 1.37 bits per heavy atom. The number of hydrogen-bond acceptors (Lipinski definition) is 5. The fourth-order valence-electron chi connectivity index (χ4n) is 10.6. The number of H-pyrrole nitrogens is 1. The zero-order valence-electron chi connectivity index (χ0n) is 66.4. The minimum Gasteiger partial charge on any atom is -0.497 e. The van der Waals surface area contributed by atoms with Crippen molar-refractivity contribution in [3.63, 3.8) is 0 Å². The Morgan fingerprint density at radius 2 is 0.886 bits per heavy atom. The van der Waals surface area contributed by atoms with Crippen LogP contribution in [-0.4, -0.2) is 17.1 Å². The largest absolute Gasteiger partial charge is 0.497 e. The van der Waals surface area contributed by atoms with E-state index in [4.69, 9.17) is 33.2 Å². The number of rotatable bonds is 4. The predicted molar refractivity (Wildman–Crippen MR) is 509 cm³/mol. The Bertz CT molecular complexity index is 5330. The van der Waals surface area contributed by atoms with Crippen molar-refractivity contribution in [2.24, 2.45) is 0 Å². The minimum absolute atomic E-state index is 0.230. The molecule has 0 atom stereocenters. The van der Waals surface area contributed by atoms with Gasteiger partial charge in [0.1, 0.15) is 16.7 Å². The monoisotopic (exact) mass is 1820 g/mol. The third kappa shape index (κ3) is 33.6. The number of hydrogen-bond donors (Lipinski definition) is 1. The quantitative estimate of drug-likeness (QED) is 0.141. The van der Waals surface area contributed by atoms with Crippen molar-refractivity contribution < 1.29 is 9.13 Å². The van der Waals surface area contributed by atoms with E-state index in [2.05, 4.69) is 331 Å². The molecule has 4 aromatic heterocycles. The number of aromatic nitrogens is 2. The molecule has 17 aromatic rings. The SMILES string of the molecule is COc1ccc(F)c(-c2cccc(C)c2)c1.Cc1c[nH]c2ccccc12.Cc1cc2ccccc2s1.Cc1ccc(-c2ccc(Br)cc2)cc1.Cc1ccc(-c2ccccc2)cc1.Cc1ccc(Br)cc1.Cc1ccc(C#N)cc1.Cc1ccc(Cl)cc1.Cc1ccc(Cl)nc1.Cc1cccc(I)c1.Cc1csc2ccccc12. The van der Waals surface area contributed by atoms with E-state index in [1.165, 1.54) is 112 Å². The first-order valence-electron chi connectivity index (χ1n) is 36.9. The lowest BCUT2D eigenvalue weighted by molar-refractivity contribution is 0.414. The molecule has 0 fully saturated rings. The van der Waals surface area contributed by atoms with Crippen molar-refractivity contribution in [1.82, 2.24) is 9.97 Å². The molecule has 13 aromatic carbocycles. The van der Waals surface area contributed by atoms with Crippen molar-refractivity contribution in [2.45, 2.75) is 76.2 Å². The van der Waals surface area contributed by atoms with Crippen molar-refractivity contribution in [3.05, 3.63) is 446 Å². The van der Waals surface area contributed by atoms with Gasteiger partial charge in [0.05, 0.1) is 18.7 Å². The van der Waals surface area contributed by atoms with E-state index in [0.717, 1.165) is 36.2 Å². The van der Waals surface area contributed by atoms with Gasteiger partial charge in [-0.05, 0) is 269 Å². The highest BCUT2D eigenvalue weighted by Crippen LogP contribution is 2.30. The molecular formula is C102H95Br2Cl2FIN3OS2. The Labute approximate surface area is 723 Å². The summed E-state index contributed by atoms with van der Waals surface area (Å²) < 4.78 is 25.1. The highest BCUT2D eigenvalue weighted by Gasteiger charge is 2.07. The second-order valence-electron chi connectivity index (χ2n) is 26.7. The summed E-state index contributed by atoms with van der Waals surface area (Å²) in [7, 11) is 1.58. The number of nitrogens with one attached hydrogen (secondary N) is 1. The van der Waals surface area contributed by atoms with Crippen LogP contribution in [0.3, 0.4) is 0 Å². The van der Waals surface area contributed by atoms with E-state index in [1.807, 2.05) is 160 Å². The van der Waals surface area contributed by atoms with Gasteiger partial charge < -0.3 is 9.72 Å². The summed E-state index contributed by atoms with van der Waals surface area (Å²) in [6.07, 6.45) is 3.77. The number of thiophene rings is 2. The molecule has 1 N–H and O–H groups in total. The predicted octanol–water partition coefficient (Wildman–Crippen LogP) is 32.7. The van der Waals surface area contributed by atoms with Crippen LogP contribution in [0.5, 0.6) is 5.75 Å². The van der Waals surface area contributed by atoms with Crippen LogP contribution in [0.15, 0.2) is 360 Å². The number of aromatic amines is 1. The molecule has 0 saturated heterocycles. The van der Waals surface area contributed by atoms with Gasteiger partial charge in [0.15, 0.2) is 0 Å². The number of aryl methyl sites for hydroxylation is 11. The van der Waals surface area contributed by atoms with Gasteiger partial charge in [0.2, 0.25) is 0 Å². The molecule has 4 nitrogen and oxygen atoms in total. The zero-order chi connectivity index (χ0) is 82.2. The maximum Gasteiger partial charge on any atom is 0.131 e. The number of nitrogens with zero attached hydrogens (tertiary/aromatic N) is 2. The van der Waals surface area contributed by atoms with Gasteiger partial charge in [-0.15, -0.1) is 22.7 Å². The molecule has 0 spiro atoms.